The van der Waals surface area contributed by atoms with Crippen LogP contribution in [0, 0.1) is 0 Å². The van der Waals surface area contributed by atoms with Crippen LogP contribution in [0.3, 0.4) is 0 Å². The quantitative estimate of drug-likeness (QED) is 0.689. The average molecular weight is 310 g/mol. The summed E-state index contributed by atoms with van der Waals surface area (Å²) in [6.07, 6.45) is 1.33. The highest BCUT2D eigenvalue weighted by Crippen LogP contribution is 2.19. The summed E-state index contributed by atoms with van der Waals surface area (Å²) in [5.41, 5.74) is 0.267. The number of carboxylic acids is 1. The Morgan fingerprint density at radius 2 is 2.14 bits per heavy atom. The van der Waals surface area contributed by atoms with E-state index >= 15 is 0 Å². The van der Waals surface area contributed by atoms with E-state index in [1.165, 1.54) is 24.5 Å². The number of halogens is 1. The molecule has 110 valence electrons. The molecule has 0 spiro atoms. The monoisotopic (exact) mass is 309 g/mol. The molecule has 0 fully saturated rings. The van der Waals surface area contributed by atoms with Gasteiger partial charge in [0, 0.05) is 10.7 Å². The lowest BCUT2D eigenvalue weighted by atomic mass is 10.2. The van der Waals surface area contributed by atoms with Crippen LogP contribution in [0.2, 0.25) is 5.02 Å². The average Bonchev–Trinajstić information content (AvgIpc) is 2.91. The van der Waals surface area contributed by atoms with Crippen molar-refractivity contribution >= 4 is 29.3 Å². The number of carboxylic acid groups (broad SMARTS) is 1. The molecular formula is C12H12ClN5O3. The number of hydrogen-bond donors (Lipinski definition) is 4. The van der Waals surface area contributed by atoms with Gasteiger partial charge in [-0.05, 0) is 25.1 Å². The fraction of sp³-hybridized carbons (Fsp3) is 0.167. The summed E-state index contributed by atoms with van der Waals surface area (Å²) in [5, 5.41) is 20.6. The molecule has 4 N–H and O–H groups in total. The molecule has 21 heavy (non-hydrogen) atoms. The van der Waals surface area contributed by atoms with Crippen LogP contribution >= 0.6 is 11.6 Å². The molecule has 1 unspecified atom stereocenters. The van der Waals surface area contributed by atoms with E-state index in [1.54, 1.807) is 6.92 Å². The Balaban J connectivity index is 2.04. The van der Waals surface area contributed by atoms with Crippen molar-refractivity contribution in [1.29, 1.82) is 0 Å². The van der Waals surface area contributed by atoms with Gasteiger partial charge < -0.3 is 15.7 Å². The SMILES string of the molecule is CC(NC(=O)Nc1cc(Cl)cc(C(=O)O)c1)c1ncn[nH]1. The third-order valence-corrected chi connectivity index (χ3v) is 2.81. The van der Waals surface area contributed by atoms with Crippen molar-refractivity contribution in [2.45, 2.75) is 13.0 Å². The van der Waals surface area contributed by atoms with Crippen LogP contribution in [-0.2, 0) is 0 Å². The zero-order chi connectivity index (χ0) is 15.4. The number of nitrogens with zero attached hydrogens (tertiary/aromatic N) is 2. The summed E-state index contributed by atoms with van der Waals surface area (Å²) >= 11 is 5.81. The lowest BCUT2D eigenvalue weighted by Gasteiger charge is -2.12. The first-order valence-corrected chi connectivity index (χ1v) is 6.30. The second-order valence-corrected chi connectivity index (χ2v) is 4.66. The molecule has 1 atom stereocenters. The number of anilines is 1. The summed E-state index contributed by atoms with van der Waals surface area (Å²) in [4.78, 5) is 26.7. The van der Waals surface area contributed by atoms with E-state index in [1.807, 2.05) is 0 Å². The number of nitrogens with one attached hydrogen (secondary N) is 3. The fourth-order valence-electron chi connectivity index (χ4n) is 1.64. The second-order valence-electron chi connectivity index (χ2n) is 4.22. The van der Waals surface area contributed by atoms with Crippen molar-refractivity contribution in [1.82, 2.24) is 20.5 Å². The molecule has 1 aromatic heterocycles. The smallest absolute Gasteiger partial charge is 0.335 e. The van der Waals surface area contributed by atoms with Gasteiger partial charge >= 0.3 is 12.0 Å². The predicted molar refractivity (Wildman–Crippen MR) is 75.4 cm³/mol. The summed E-state index contributed by atoms with van der Waals surface area (Å²) in [6.45, 7) is 1.72. The van der Waals surface area contributed by atoms with Gasteiger partial charge in [-0.3, -0.25) is 5.10 Å². The zero-order valence-corrected chi connectivity index (χ0v) is 11.7. The summed E-state index contributed by atoms with van der Waals surface area (Å²) in [6, 6.07) is 3.16. The van der Waals surface area contributed by atoms with Crippen LogP contribution in [0.25, 0.3) is 0 Å². The van der Waals surface area contributed by atoms with Crippen molar-refractivity contribution in [3.05, 3.63) is 40.9 Å². The molecular weight excluding hydrogens is 298 g/mol. The van der Waals surface area contributed by atoms with E-state index in [-0.39, 0.29) is 22.3 Å². The van der Waals surface area contributed by atoms with Crippen LogP contribution < -0.4 is 10.6 Å². The van der Waals surface area contributed by atoms with E-state index in [2.05, 4.69) is 25.8 Å². The van der Waals surface area contributed by atoms with Crippen molar-refractivity contribution in [2.24, 2.45) is 0 Å². The minimum atomic E-state index is -1.13. The topological polar surface area (TPSA) is 120 Å². The van der Waals surface area contributed by atoms with Crippen LogP contribution in [0.4, 0.5) is 10.5 Å². The van der Waals surface area contributed by atoms with Crippen LogP contribution in [0.15, 0.2) is 24.5 Å². The normalized spacial score (nSPS) is 11.7. The van der Waals surface area contributed by atoms with Crippen LogP contribution in [-0.4, -0.2) is 32.3 Å². The molecule has 2 amide bonds. The van der Waals surface area contributed by atoms with Crippen LogP contribution in [0.5, 0.6) is 0 Å². The van der Waals surface area contributed by atoms with Gasteiger partial charge in [-0.1, -0.05) is 11.6 Å². The van der Waals surface area contributed by atoms with Crippen molar-refractivity contribution < 1.29 is 14.7 Å². The minimum Gasteiger partial charge on any atom is -0.478 e. The van der Waals surface area contributed by atoms with Gasteiger partial charge in [-0.15, -0.1) is 0 Å². The van der Waals surface area contributed by atoms with Gasteiger partial charge in [0.1, 0.15) is 12.2 Å². The standard InChI is InChI=1S/C12H12ClN5O3/c1-6(10-14-5-15-18-10)16-12(21)17-9-3-7(11(19)20)2-8(13)4-9/h2-6H,1H3,(H,19,20)(H,14,15,18)(H2,16,17,21). The number of aromatic carboxylic acids is 1. The number of hydrogen-bond acceptors (Lipinski definition) is 4. The van der Waals surface area contributed by atoms with Crippen LogP contribution in [0.1, 0.15) is 29.1 Å². The summed E-state index contributed by atoms with van der Waals surface area (Å²) in [5.74, 6) is -0.626. The molecule has 1 heterocycles. The van der Waals surface area contributed by atoms with Gasteiger partial charge in [0.2, 0.25) is 0 Å². The molecule has 0 aliphatic heterocycles. The number of benzene rings is 1. The van der Waals surface area contributed by atoms with Crippen molar-refractivity contribution in [3.63, 3.8) is 0 Å². The van der Waals surface area contributed by atoms with Crippen molar-refractivity contribution in [2.75, 3.05) is 5.32 Å². The molecule has 8 nitrogen and oxygen atoms in total. The van der Waals surface area contributed by atoms with E-state index in [9.17, 15) is 9.59 Å². The third kappa shape index (κ3) is 3.93. The molecule has 0 saturated heterocycles. The number of amides is 2. The van der Waals surface area contributed by atoms with E-state index < -0.39 is 12.0 Å². The molecule has 0 aliphatic carbocycles. The maximum Gasteiger partial charge on any atom is 0.335 e. The highest BCUT2D eigenvalue weighted by atomic mass is 35.5. The molecule has 1 aromatic carbocycles. The number of rotatable bonds is 4. The Morgan fingerprint density at radius 3 is 2.76 bits per heavy atom. The Morgan fingerprint density at radius 1 is 1.38 bits per heavy atom. The molecule has 2 aromatic rings. The lowest BCUT2D eigenvalue weighted by Crippen LogP contribution is -2.31. The minimum absolute atomic E-state index is 0.0129. The molecule has 9 heteroatoms. The highest BCUT2D eigenvalue weighted by Gasteiger charge is 2.13. The number of aromatic amines is 1. The fourth-order valence-corrected chi connectivity index (χ4v) is 1.88. The molecule has 0 saturated carbocycles. The summed E-state index contributed by atoms with van der Waals surface area (Å²) in [7, 11) is 0. The first kappa shape index (κ1) is 14.8. The maximum atomic E-state index is 11.8. The highest BCUT2D eigenvalue weighted by molar-refractivity contribution is 6.31. The second kappa shape index (κ2) is 6.23. The summed E-state index contributed by atoms with van der Waals surface area (Å²) < 4.78 is 0. The number of carbonyl (C=O) groups excluding carboxylic acids is 1. The third-order valence-electron chi connectivity index (χ3n) is 2.59. The number of urea groups is 1. The first-order chi connectivity index (χ1) is 9.95. The van der Waals surface area contributed by atoms with Gasteiger partial charge in [-0.25, -0.2) is 14.6 Å². The predicted octanol–water partition coefficient (Wildman–Crippen LogP) is 2.04. The Hall–Kier alpha value is -2.61. The Bertz CT molecular complexity index is 659. The number of carbonyl (C=O) groups is 2. The van der Waals surface area contributed by atoms with Crippen molar-refractivity contribution in [3.8, 4) is 0 Å². The first-order valence-electron chi connectivity index (χ1n) is 5.92. The molecule has 0 bridgehead atoms. The van der Waals surface area contributed by atoms with Gasteiger partial charge in [0.05, 0.1) is 11.6 Å². The number of aromatic nitrogens is 3. The lowest BCUT2D eigenvalue weighted by molar-refractivity contribution is 0.0697. The molecule has 2 rings (SSSR count). The Labute approximate surface area is 124 Å². The zero-order valence-electron chi connectivity index (χ0n) is 10.9. The van der Waals surface area contributed by atoms with Gasteiger partial charge in [0.25, 0.3) is 0 Å². The number of H-pyrrole nitrogens is 1. The van der Waals surface area contributed by atoms with Gasteiger partial charge in [0.15, 0.2) is 0 Å². The van der Waals surface area contributed by atoms with E-state index in [0.717, 1.165) is 0 Å². The van der Waals surface area contributed by atoms with Gasteiger partial charge in [-0.2, -0.15) is 5.10 Å². The maximum absolute atomic E-state index is 11.8. The van der Waals surface area contributed by atoms with E-state index in [4.69, 9.17) is 16.7 Å². The largest absolute Gasteiger partial charge is 0.478 e. The molecule has 0 aliphatic rings. The Kier molecular flexibility index (Phi) is 4.39. The molecule has 0 radical (unpaired) electrons. The van der Waals surface area contributed by atoms with E-state index in [0.29, 0.717) is 5.82 Å².